The van der Waals surface area contributed by atoms with Gasteiger partial charge in [-0.3, -0.25) is 9.59 Å². The Morgan fingerprint density at radius 2 is 1.93 bits per heavy atom. The van der Waals surface area contributed by atoms with Crippen molar-refractivity contribution < 1.29 is 9.59 Å². The van der Waals surface area contributed by atoms with Crippen LogP contribution in [0.4, 0.5) is 5.13 Å². The van der Waals surface area contributed by atoms with Crippen molar-refractivity contribution in [2.45, 2.75) is 58.4 Å². The van der Waals surface area contributed by atoms with Gasteiger partial charge in [-0.1, -0.05) is 54.8 Å². The molecule has 3 rings (SSSR count). The van der Waals surface area contributed by atoms with E-state index in [0.29, 0.717) is 16.7 Å². The van der Waals surface area contributed by atoms with Gasteiger partial charge in [0.25, 0.3) is 0 Å². The summed E-state index contributed by atoms with van der Waals surface area (Å²) in [6.45, 7) is 4.55. The molecule has 1 N–H and O–H groups in total. The van der Waals surface area contributed by atoms with E-state index in [2.05, 4.69) is 22.4 Å². The van der Waals surface area contributed by atoms with Crippen molar-refractivity contribution in [3.8, 4) is 10.6 Å². The summed E-state index contributed by atoms with van der Waals surface area (Å²) in [5.41, 5.74) is 0.900. The second kappa shape index (κ2) is 10.2. The standard InChI is InChI=1S/C21H27ClN4O2S/c1-3-14(2)26(20(28)16-6-4-5-7-16)13-12-18(27)23-21-25-24-19(29-21)15-8-10-17(22)11-9-15/h8-11,14,16H,3-7,12-13H2,1-2H3,(H,23,25,27). The summed E-state index contributed by atoms with van der Waals surface area (Å²) in [7, 11) is 0. The number of halogens is 1. The molecule has 0 bridgehead atoms. The Labute approximate surface area is 180 Å². The summed E-state index contributed by atoms with van der Waals surface area (Å²) in [6.07, 6.45) is 5.31. The average molecular weight is 435 g/mol. The largest absolute Gasteiger partial charge is 0.339 e. The molecule has 0 spiro atoms. The minimum absolute atomic E-state index is 0.122. The molecule has 8 heteroatoms. The Balaban J connectivity index is 1.56. The minimum atomic E-state index is -0.156. The van der Waals surface area contributed by atoms with Crippen LogP contribution in [-0.2, 0) is 9.59 Å². The minimum Gasteiger partial charge on any atom is -0.339 e. The lowest BCUT2D eigenvalue weighted by Crippen LogP contribution is -2.43. The molecule has 1 aliphatic carbocycles. The van der Waals surface area contributed by atoms with Gasteiger partial charge in [0, 0.05) is 35.5 Å². The lowest BCUT2D eigenvalue weighted by Gasteiger charge is -2.30. The summed E-state index contributed by atoms with van der Waals surface area (Å²) in [4.78, 5) is 27.2. The molecule has 1 atom stereocenters. The van der Waals surface area contributed by atoms with E-state index in [9.17, 15) is 9.59 Å². The van der Waals surface area contributed by atoms with Gasteiger partial charge in [0.05, 0.1) is 0 Å². The molecule has 2 amide bonds. The fraction of sp³-hybridized carbons (Fsp3) is 0.524. The first-order valence-corrected chi connectivity index (χ1v) is 11.4. The Hall–Kier alpha value is -1.99. The van der Waals surface area contributed by atoms with E-state index in [4.69, 9.17) is 11.6 Å². The normalized spacial score (nSPS) is 15.3. The smallest absolute Gasteiger partial charge is 0.227 e. The highest BCUT2D eigenvalue weighted by atomic mass is 35.5. The second-order valence-corrected chi connectivity index (χ2v) is 8.90. The number of aromatic nitrogens is 2. The molecular weight excluding hydrogens is 408 g/mol. The van der Waals surface area contributed by atoms with Crippen LogP contribution in [0.2, 0.25) is 5.02 Å². The predicted molar refractivity (Wildman–Crippen MR) is 117 cm³/mol. The number of carbonyl (C=O) groups is 2. The molecule has 29 heavy (non-hydrogen) atoms. The van der Waals surface area contributed by atoms with Crippen LogP contribution in [0.15, 0.2) is 24.3 Å². The van der Waals surface area contributed by atoms with Crippen molar-refractivity contribution >= 4 is 39.9 Å². The first-order chi connectivity index (χ1) is 14.0. The number of rotatable bonds is 8. The Kier molecular flexibility index (Phi) is 7.61. The highest BCUT2D eigenvalue weighted by Crippen LogP contribution is 2.29. The number of nitrogens with one attached hydrogen (secondary N) is 1. The zero-order valence-electron chi connectivity index (χ0n) is 16.9. The number of hydrogen-bond acceptors (Lipinski definition) is 5. The SMILES string of the molecule is CCC(C)N(CCC(=O)Nc1nnc(-c2ccc(Cl)cc2)s1)C(=O)C1CCCC1. The van der Waals surface area contributed by atoms with Crippen molar-refractivity contribution in [1.82, 2.24) is 15.1 Å². The quantitative estimate of drug-likeness (QED) is 0.634. The highest BCUT2D eigenvalue weighted by Gasteiger charge is 2.29. The summed E-state index contributed by atoms with van der Waals surface area (Å²) in [5.74, 6) is 0.166. The van der Waals surface area contributed by atoms with Crippen LogP contribution in [-0.4, -0.2) is 39.5 Å². The van der Waals surface area contributed by atoms with Gasteiger partial charge in [-0.05, 0) is 38.3 Å². The topological polar surface area (TPSA) is 75.2 Å². The molecule has 0 saturated heterocycles. The van der Waals surface area contributed by atoms with Gasteiger partial charge in [0.1, 0.15) is 5.01 Å². The van der Waals surface area contributed by atoms with Gasteiger partial charge >= 0.3 is 0 Å². The summed E-state index contributed by atoms with van der Waals surface area (Å²) in [5, 5.41) is 12.8. The Morgan fingerprint density at radius 1 is 1.24 bits per heavy atom. The number of nitrogens with zero attached hydrogens (tertiary/aromatic N) is 3. The molecule has 6 nitrogen and oxygen atoms in total. The Morgan fingerprint density at radius 3 is 2.59 bits per heavy atom. The van der Waals surface area contributed by atoms with E-state index >= 15 is 0 Å². The van der Waals surface area contributed by atoms with Gasteiger partial charge in [-0.2, -0.15) is 0 Å². The third-order valence-electron chi connectivity index (χ3n) is 5.45. The second-order valence-electron chi connectivity index (χ2n) is 7.49. The molecule has 1 aliphatic rings. The maximum Gasteiger partial charge on any atom is 0.227 e. The summed E-state index contributed by atoms with van der Waals surface area (Å²) in [6, 6.07) is 7.46. The lowest BCUT2D eigenvalue weighted by atomic mass is 10.0. The van der Waals surface area contributed by atoms with Crippen molar-refractivity contribution in [3.05, 3.63) is 29.3 Å². The van der Waals surface area contributed by atoms with Crippen LogP contribution in [0.1, 0.15) is 52.4 Å². The van der Waals surface area contributed by atoms with Crippen molar-refractivity contribution in [2.24, 2.45) is 5.92 Å². The average Bonchev–Trinajstić information content (AvgIpc) is 3.40. The van der Waals surface area contributed by atoms with E-state index in [1.165, 1.54) is 11.3 Å². The summed E-state index contributed by atoms with van der Waals surface area (Å²) >= 11 is 7.23. The van der Waals surface area contributed by atoms with E-state index in [0.717, 1.165) is 42.7 Å². The van der Waals surface area contributed by atoms with E-state index in [-0.39, 0.29) is 30.2 Å². The van der Waals surface area contributed by atoms with Crippen LogP contribution in [0.5, 0.6) is 0 Å². The van der Waals surface area contributed by atoms with Gasteiger partial charge in [-0.15, -0.1) is 10.2 Å². The molecule has 1 unspecified atom stereocenters. The molecule has 1 aromatic heterocycles. The molecule has 0 radical (unpaired) electrons. The lowest BCUT2D eigenvalue weighted by molar-refractivity contribution is -0.137. The Bertz CT molecular complexity index is 833. The van der Waals surface area contributed by atoms with E-state index in [1.54, 1.807) is 12.1 Å². The highest BCUT2D eigenvalue weighted by molar-refractivity contribution is 7.18. The van der Waals surface area contributed by atoms with Gasteiger partial charge in [-0.25, -0.2) is 0 Å². The molecule has 1 fully saturated rings. The fourth-order valence-corrected chi connectivity index (χ4v) is 4.45. The maximum absolute atomic E-state index is 12.9. The first-order valence-electron chi connectivity index (χ1n) is 10.2. The third kappa shape index (κ3) is 5.76. The fourth-order valence-electron chi connectivity index (χ4n) is 3.56. The predicted octanol–water partition coefficient (Wildman–Crippen LogP) is 5.00. The zero-order chi connectivity index (χ0) is 20.8. The zero-order valence-corrected chi connectivity index (χ0v) is 18.4. The van der Waals surface area contributed by atoms with E-state index in [1.807, 2.05) is 24.0 Å². The first kappa shape index (κ1) is 21.7. The number of hydrogen-bond donors (Lipinski definition) is 1. The number of carbonyl (C=O) groups excluding carboxylic acids is 2. The van der Waals surface area contributed by atoms with Gasteiger partial charge in [0.2, 0.25) is 16.9 Å². The van der Waals surface area contributed by atoms with Crippen molar-refractivity contribution in [2.75, 3.05) is 11.9 Å². The molecule has 0 aliphatic heterocycles. The number of amides is 2. The summed E-state index contributed by atoms with van der Waals surface area (Å²) < 4.78 is 0. The number of anilines is 1. The molecule has 2 aromatic rings. The monoisotopic (exact) mass is 434 g/mol. The van der Waals surface area contributed by atoms with Crippen LogP contribution in [0.3, 0.4) is 0 Å². The van der Waals surface area contributed by atoms with Crippen LogP contribution in [0, 0.1) is 5.92 Å². The molecule has 1 aromatic carbocycles. The van der Waals surface area contributed by atoms with Crippen LogP contribution < -0.4 is 5.32 Å². The maximum atomic E-state index is 12.9. The van der Waals surface area contributed by atoms with Gasteiger partial charge < -0.3 is 10.2 Å². The molecule has 1 heterocycles. The van der Waals surface area contributed by atoms with Crippen LogP contribution >= 0.6 is 22.9 Å². The molecular formula is C21H27ClN4O2S. The van der Waals surface area contributed by atoms with Crippen LogP contribution in [0.25, 0.3) is 10.6 Å². The van der Waals surface area contributed by atoms with Gasteiger partial charge in [0.15, 0.2) is 0 Å². The molecule has 156 valence electrons. The van der Waals surface area contributed by atoms with Crippen molar-refractivity contribution in [3.63, 3.8) is 0 Å². The van der Waals surface area contributed by atoms with E-state index < -0.39 is 0 Å². The molecule has 1 saturated carbocycles. The van der Waals surface area contributed by atoms with Crippen molar-refractivity contribution in [1.29, 1.82) is 0 Å². The third-order valence-corrected chi connectivity index (χ3v) is 6.59. The number of benzene rings is 1.